The molecule has 0 saturated carbocycles. The van der Waals surface area contributed by atoms with Crippen LogP contribution in [0.25, 0.3) is 0 Å². The molecular weight excluding hydrogens is 566 g/mol. The molecule has 3 aromatic carbocycles. The van der Waals surface area contributed by atoms with Crippen LogP contribution in [0.5, 0.6) is 0 Å². The number of carbonyl (C=O) groups is 2. The summed E-state index contributed by atoms with van der Waals surface area (Å²) in [5.74, 6) is -0.784. The van der Waals surface area contributed by atoms with Crippen molar-refractivity contribution in [3.63, 3.8) is 0 Å². The van der Waals surface area contributed by atoms with E-state index in [-0.39, 0.29) is 23.4 Å². The van der Waals surface area contributed by atoms with Crippen LogP contribution in [-0.2, 0) is 26.2 Å². The Labute approximate surface area is 234 Å². The molecular formula is C29H34BrN3O4S. The molecule has 202 valence electrons. The van der Waals surface area contributed by atoms with E-state index in [0.29, 0.717) is 5.69 Å². The third kappa shape index (κ3) is 7.45. The highest BCUT2D eigenvalue weighted by atomic mass is 79.9. The van der Waals surface area contributed by atoms with E-state index in [0.717, 1.165) is 26.3 Å². The minimum absolute atomic E-state index is 0.0602. The maximum atomic E-state index is 13.9. The number of aryl methyl sites for hydroxylation is 1. The molecule has 0 fully saturated rings. The number of hydrogen-bond acceptors (Lipinski definition) is 4. The van der Waals surface area contributed by atoms with Gasteiger partial charge in [0.1, 0.15) is 12.6 Å². The van der Waals surface area contributed by atoms with E-state index < -0.39 is 28.5 Å². The summed E-state index contributed by atoms with van der Waals surface area (Å²) in [6, 6.07) is 21.6. The number of anilines is 1. The van der Waals surface area contributed by atoms with E-state index in [4.69, 9.17) is 0 Å². The fourth-order valence-corrected chi connectivity index (χ4v) is 5.79. The average Bonchev–Trinajstić information content (AvgIpc) is 2.90. The molecule has 0 aliphatic heterocycles. The summed E-state index contributed by atoms with van der Waals surface area (Å²) in [6.07, 6.45) is 0.745. The van der Waals surface area contributed by atoms with Gasteiger partial charge in [-0.3, -0.25) is 13.9 Å². The number of amides is 2. The Kier molecular flexibility index (Phi) is 10.1. The van der Waals surface area contributed by atoms with Gasteiger partial charge >= 0.3 is 0 Å². The van der Waals surface area contributed by atoms with Crippen molar-refractivity contribution in [3.8, 4) is 0 Å². The molecule has 0 unspecified atom stereocenters. The second kappa shape index (κ2) is 13.1. The topological polar surface area (TPSA) is 86.8 Å². The molecule has 3 rings (SSSR count). The Hall–Kier alpha value is -3.17. The normalized spacial score (nSPS) is 12.9. The van der Waals surface area contributed by atoms with Crippen molar-refractivity contribution < 1.29 is 18.0 Å². The van der Waals surface area contributed by atoms with Crippen LogP contribution in [0.3, 0.4) is 0 Å². The Morgan fingerprint density at radius 1 is 0.947 bits per heavy atom. The molecule has 0 aliphatic carbocycles. The summed E-state index contributed by atoms with van der Waals surface area (Å²) in [5.41, 5.74) is 2.04. The lowest BCUT2D eigenvalue weighted by atomic mass is 10.1. The third-order valence-electron chi connectivity index (χ3n) is 6.31. The number of carbonyl (C=O) groups excluding carboxylic acids is 2. The van der Waals surface area contributed by atoms with Crippen molar-refractivity contribution >= 4 is 43.5 Å². The van der Waals surface area contributed by atoms with Gasteiger partial charge in [0, 0.05) is 17.1 Å². The minimum Gasteiger partial charge on any atom is -0.352 e. The number of sulfonamides is 1. The molecule has 0 heterocycles. The van der Waals surface area contributed by atoms with Crippen molar-refractivity contribution in [1.29, 1.82) is 0 Å². The monoisotopic (exact) mass is 599 g/mol. The molecule has 2 amide bonds. The SMILES string of the molecule is CC[C@@H](C)NC(=O)[C@H](C)N(Cc1cccc(Br)c1)C(=O)CN(c1cccc(C)c1)S(=O)(=O)c1ccccc1. The first-order valence-corrected chi connectivity index (χ1v) is 14.7. The fourth-order valence-electron chi connectivity index (χ4n) is 3.91. The summed E-state index contributed by atoms with van der Waals surface area (Å²) < 4.78 is 29.5. The number of nitrogens with one attached hydrogen (secondary N) is 1. The lowest BCUT2D eigenvalue weighted by Crippen LogP contribution is -2.52. The van der Waals surface area contributed by atoms with E-state index in [1.807, 2.05) is 51.1 Å². The van der Waals surface area contributed by atoms with Crippen LogP contribution in [0.4, 0.5) is 5.69 Å². The zero-order valence-electron chi connectivity index (χ0n) is 22.1. The highest BCUT2D eigenvalue weighted by molar-refractivity contribution is 9.10. The van der Waals surface area contributed by atoms with Crippen LogP contribution < -0.4 is 9.62 Å². The van der Waals surface area contributed by atoms with E-state index in [1.54, 1.807) is 43.3 Å². The van der Waals surface area contributed by atoms with Gasteiger partial charge in [-0.25, -0.2) is 8.42 Å². The van der Waals surface area contributed by atoms with Gasteiger partial charge in [-0.15, -0.1) is 0 Å². The largest absolute Gasteiger partial charge is 0.352 e. The first-order chi connectivity index (χ1) is 18.0. The van der Waals surface area contributed by atoms with Gasteiger partial charge in [-0.2, -0.15) is 0 Å². The molecule has 9 heteroatoms. The summed E-state index contributed by atoms with van der Waals surface area (Å²) in [7, 11) is -4.07. The molecule has 7 nitrogen and oxygen atoms in total. The summed E-state index contributed by atoms with van der Waals surface area (Å²) >= 11 is 3.46. The number of benzene rings is 3. The molecule has 2 atom stereocenters. The second-order valence-electron chi connectivity index (χ2n) is 9.31. The maximum Gasteiger partial charge on any atom is 0.264 e. The van der Waals surface area contributed by atoms with Crippen LogP contribution in [-0.4, -0.2) is 43.8 Å². The van der Waals surface area contributed by atoms with Crippen LogP contribution in [0.2, 0.25) is 0 Å². The summed E-state index contributed by atoms with van der Waals surface area (Å²) in [4.78, 5) is 28.5. The standard InChI is InChI=1S/C29H34BrN3O4S/c1-5-22(3)31-29(35)23(4)32(19-24-12-10-13-25(30)18-24)28(34)20-33(26-14-9-11-21(2)17-26)38(36,37)27-15-7-6-8-16-27/h6-18,22-23H,5,19-20H2,1-4H3,(H,31,35)/t22-,23+/m1/s1. The van der Waals surface area contributed by atoms with Gasteiger partial charge in [0.15, 0.2) is 0 Å². The van der Waals surface area contributed by atoms with E-state index in [1.165, 1.54) is 17.0 Å². The Bertz CT molecular complexity index is 1370. The fraction of sp³-hybridized carbons (Fsp3) is 0.310. The predicted molar refractivity (Wildman–Crippen MR) is 154 cm³/mol. The Morgan fingerprint density at radius 3 is 2.26 bits per heavy atom. The highest BCUT2D eigenvalue weighted by Crippen LogP contribution is 2.25. The highest BCUT2D eigenvalue weighted by Gasteiger charge is 2.32. The van der Waals surface area contributed by atoms with Crippen LogP contribution in [0, 0.1) is 6.92 Å². The first kappa shape index (κ1) is 29.4. The maximum absolute atomic E-state index is 13.9. The van der Waals surface area contributed by atoms with Crippen LogP contribution >= 0.6 is 15.9 Å². The number of halogens is 1. The molecule has 0 saturated heterocycles. The molecule has 0 spiro atoms. The zero-order chi connectivity index (χ0) is 27.9. The number of nitrogens with zero attached hydrogens (tertiary/aromatic N) is 2. The molecule has 0 radical (unpaired) electrons. The Balaban J connectivity index is 2.02. The van der Waals surface area contributed by atoms with Crippen molar-refractivity contribution in [2.24, 2.45) is 0 Å². The number of hydrogen-bond donors (Lipinski definition) is 1. The Morgan fingerprint density at radius 2 is 1.63 bits per heavy atom. The molecule has 38 heavy (non-hydrogen) atoms. The molecule has 1 N–H and O–H groups in total. The van der Waals surface area contributed by atoms with Gasteiger partial charge < -0.3 is 10.2 Å². The van der Waals surface area contributed by atoms with Gasteiger partial charge in [-0.1, -0.05) is 65.3 Å². The molecule has 0 aliphatic rings. The zero-order valence-corrected chi connectivity index (χ0v) is 24.5. The first-order valence-electron chi connectivity index (χ1n) is 12.5. The third-order valence-corrected chi connectivity index (χ3v) is 8.59. The van der Waals surface area contributed by atoms with Gasteiger partial charge in [0.2, 0.25) is 11.8 Å². The van der Waals surface area contributed by atoms with E-state index in [2.05, 4.69) is 21.2 Å². The predicted octanol–water partition coefficient (Wildman–Crippen LogP) is 5.28. The van der Waals surface area contributed by atoms with Gasteiger partial charge in [-0.05, 0) is 74.7 Å². The van der Waals surface area contributed by atoms with Crippen molar-refractivity contribution in [3.05, 3.63) is 94.5 Å². The lowest BCUT2D eigenvalue weighted by Gasteiger charge is -2.32. The van der Waals surface area contributed by atoms with Crippen molar-refractivity contribution in [2.75, 3.05) is 10.8 Å². The van der Waals surface area contributed by atoms with Crippen molar-refractivity contribution in [1.82, 2.24) is 10.2 Å². The van der Waals surface area contributed by atoms with E-state index >= 15 is 0 Å². The molecule has 0 aromatic heterocycles. The van der Waals surface area contributed by atoms with Crippen molar-refractivity contribution in [2.45, 2.75) is 57.6 Å². The van der Waals surface area contributed by atoms with Gasteiger partial charge in [0.25, 0.3) is 10.0 Å². The average molecular weight is 601 g/mol. The second-order valence-corrected chi connectivity index (χ2v) is 12.1. The summed E-state index contributed by atoms with van der Waals surface area (Å²) in [6.45, 7) is 7.07. The lowest BCUT2D eigenvalue weighted by molar-refractivity contribution is -0.139. The van der Waals surface area contributed by atoms with Gasteiger partial charge in [0.05, 0.1) is 10.6 Å². The van der Waals surface area contributed by atoms with Crippen LogP contribution in [0.1, 0.15) is 38.3 Å². The number of rotatable bonds is 11. The van der Waals surface area contributed by atoms with Crippen LogP contribution in [0.15, 0.2) is 88.2 Å². The molecule has 0 bridgehead atoms. The van der Waals surface area contributed by atoms with E-state index in [9.17, 15) is 18.0 Å². The quantitative estimate of drug-likeness (QED) is 0.324. The minimum atomic E-state index is -4.07. The molecule has 3 aromatic rings. The smallest absolute Gasteiger partial charge is 0.264 e. The summed E-state index contributed by atoms with van der Waals surface area (Å²) in [5, 5.41) is 2.94.